The van der Waals surface area contributed by atoms with Crippen molar-refractivity contribution < 1.29 is 9.68 Å². The molecule has 6 heteroatoms. The maximum atomic E-state index is 8.56. The zero-order valence-electron chi connectivity index (χ0n) is 9.45. The van der Waals surface area contributed by atoms with Crippen molar-refractivity contribution in [1.29, 1.82) is 0 Å². The van der Waals surface area contributed by atoms with E-state index in [1.54, 1.807) is 23.1 Å². The van der Waals surface area contributed by atoms with Gasteiger partial charge in [0, 0.05) is 11.3 Å². The van der Waals surface area contributed by atoms with Gasteiger partial charge in [-0.1, -0.05) is 47.6 Å². The summed E-state index contributed by atoms with van der Waals surface area (Å²) in [5.41, 5.74) is 0.554. The molecule has 0 spiro atoms. The Hall–Kier alpha value is -0.455. The van der Waals surface area contributed by atoms with Crippen molar-refractivity contribution in [2.45, 2.75) is 21.1 Å². The van der Waals surface area contributed by atoms with Crippen LogP contribution in [-0.4, -0.2) is 18.3 Å². The Balaban J connectivity index is 2.10. The molecule has 93 valence electrons. The molecule has 1 atom stereocenters. The summed E-state index contributed by atoms with van der Waals surface area (Å²) in [6, 6.07) is 12.2. The average Bonchev–Trinajstić information content (AvgIpc) is 2.85. The predicted molar refractivity (Wildman–Crippen MR) is 77.3 cm³/mol. The first-order valence-electron chi connectivity index (χ1n) is 5.34. The Labute approximate surface area is 120 Å². The van der Waals surface area contributed by atoms with Gasteiger partial charge in [0.05, 0.1) is 4.21 Å². The molecule has 1 radical (unpaired) electrons. The van der Waals surface area contributed by atoms with Gasteiger partial charge >= 0.3 is 7.69 Å². The summed E-state index contributed by atoms with van der Waals surface area (Å²) in [6.45, 7) is 0. The zero-order chi connectivity index (χ0) is 12.8. The Kier molecular flexibility index (Phi) is 5.60. The van der Waals surface area contributed by atoms with Crippen LogP contribution in [0.15, 0.2) is 50.9 Å². The summed E-state index contributed by atoms with van der Waals surface area (Å²) in [5, 5.41) is 10.6. The van der Waals surface area contributed by atoms with Gasteiger partial charge < -0.3 is 9.68 Å². The van der Waals surface area contributed by atoms with Gasteiger partial charge in [-0.25, -0.2) is 0 Å². The van der Waals surface area contributed by atoms with Gasteiger partial charge in [-0.2, -0.15) is 0 Å². The van der Waals surface area contributed by atoms with Crippen molar-refractivity contribution in [2.75, 3.05) is 0 Å². The summed E-state index contributed by atoms with van der Waals surface area (Å²) >= 11 is 9.37. The molecule has 1 aromatic heterocycles. The van der Waals surface area contributed by atoms with Crippen molar-refractivity contribution in [3.05, 3.63) is 47.3 Å². The molecular formula is C12H11BClO2S2. The number of hydrogen-bond donors (Lipinski definition) is 1. The van der Waals surface area contributed by atoms with E-state index in [2.05, 4.69) is 17.5 Å². The highest BCUT2D eigenvalue weighted by molar-refractivity contribution is 8.01. The number of thiophene rings is 1. The molecule has 2 aromatic rings. The lowest BCUT2D eigenvalue weighted by atomic mass is 10.1. The molecule has 0 bridgehead atoms. The molecule has 2 rings (SSSR count). The van der Waals surface area contributed by atoms with Crippen LogP contribution < -0.4 is 0 Å². The van der Waals surface area contributed by atoms with Crippen molar-refractivity contribution in [2.24, 2.45) is 0 Å². The van der Waals surface area contributed by atoms with E-state index in [1.165, 1.54) is 4.21 Å². The highest BCUT2D eigenvalue weighted by Gasteiger charge is 2.10. The molecular weight excluding hydrogens is 287 g/mol. The van der Waals surface area contributed by atoms with Gasteiger partial charge in [-0.15, -0.1) is 11.3 Å². The quantitative estimate of drug-likeness (QED) is 0.653. The van der Waals surface area contributed by atoms with Crippen molar-refractivity contribution >= 4 is 42.4 Å². The Morgan fingerprint density at radius 3 is 2.89 bits per heavy atom. The van der Waals surface area contributed by atoms with Crippen LogP contribution in [0.1, 0.15) is 5.56 Å². The third-order valence-electron chi connectivity index (χ3n) is 2.27. The van der Waals surface area contributed by atoms with Crippen LogP contribution in [0.3, 0.4) is 0 Å². The Morgan fingerprint density at radius 1 is 1.33 bits per heavy atom. The number of halogens is 1. The number of benzene rings is 1. The zero-order valence-corrected chi connectivity index (χ0v) is 11.8. The van der Waals surface area contributed by atoms with Crippen molar-refractivity contribution in [3.8, 4) is 0 Å². The molecule has 1 heterocycles. The van der Waals surface area contributed by atoms with Crippen LogP contribution in [-0.2, 0) is 11.1 Å². The molecule has 1 unspecified atom stereocenters. The highest BCUT2D eigenvalue weighted by Crippen LogP contribution is 2.34. The largest absolute Gasteiger partial charge is 0.486 e. The smallest absolute Gasteiger partial charge is 0.429 e. The molecule has 0 saturated carbocycles. The molecule has 0 aliphatic heterocycles. The average molecular weight is 298 g/mol. The summed E-state index contributed by atoms with van der Waals surface area (Å²) in [4.78, 5) is 1.16. The monoisotopic (exact) mass is 297 g/mol. The van der Waals surface area contributed by atoms with Crippen LogP contribution in [0, 0.1) is 0 Å². The minimum atomic E-state index is -0.555. The molecule has 0 saturated heterocycles. The second-order valence-corrected chi connectivity index (χ2v) is 6.27. The molecule has 0 amide bonds. The molecule has 0 aliphatic carbocycles. The lowest BCUT2D eigenvalue weighted by Crippen LogP contribution is -2.12. The molecule has 2 nitrogen and oxygen atoms in total. The lowest BCUT2D eigenvalue weighted by molar-refractivity contribution is 0.253. The maximum Gasteiger partial charge on any atom is 0.486 e. The Bertz CT molecular complexity index is 479. The van der Waals surface area contributed by atoms with E-state index in [0.29, 0.717) is 14.1 Å². The summed E-state index contributed by atoms with van der Waals surface area (Å²) in [7, 11) is 0.632. The third kappa shape index (κ3) is 4.04. The third-order valence-corrected chi connectivity index (χ3v) is 4.68. The fourth-order valence-electron chi connectivity index (χ4n) is 1.49. The van der Waals surface area contributed by atoms with Crippen LogP contribution >= 0.6 is 34.7 Å². The van der Waals surface area contributed by atoms with Crippen LogP contribution in [0.5, 0.6) is 0 Å². The Morgan fingerprint density at radius 2 is 2.17 bits per heavy atom. The lowest BCUT2D eigenvalue weighted by Gasteiger charge is -2.12. The summed E-state index contributed by atoms with van der Waals surface area (Å²) < 4.78 is 6.06. The van der Waals surface area contributed by atoms with Crippen LogP contribution in [0.25, 0.3) is 0 Å². The van der Waals surface area contributed by atoms with Gasteiger partial charge in [0.15, 0.2) is 0 Å². The molecule has 0 fully saturated rings. The minimum Gasteiger partial charge on any atom is -0.429 e. The number of hydrogen-bond acceptors (Lipinski definition) is 4. The molecule has 1 aromatic carbocycles. The standard InChI is InChI=1S/C12H11BClO2S2/c14-11(16-13-15)8-9-4-1-2-5-10(9)18-12-6-3-7-17-12/h1-7,11,15H,8H2. The first-order valence-corrected chi connectivity index (χ1v) is 7.47. The second kappa shape index (κ2) is 7.21. The van der Waals surface area contributed by atoms with E-state index in [4.69, 9.17) is 21.3 Å². The van der Waals surface area contributed by atoms with Crippen molar-refractivity contribution in [3.63, 3.8) is 0 Å². The number of rotatable bonds is 6. The van der Waals surface area contributed by atoms with E-state index in [9.17, 15) is 0 Å². The van der Waals surface area contributed by atoms with E-state index in [0.717, 1.165) is 10.5 Å². The number of alkyl halides is 1. The van der Waals surface area contributed by atoms with E-state index < -0.39 is 5.56 Å². The fraction of sp³-hybridized carbons (Fsp3) is 0.167. The van der Waals surface area contributed by atoms with E-state index in [-0.39, 0.29) is 0 Å². The van der Waals surface area contributed by atoms with Gasteiger partial charge in [-0.3, -0.25) is 0 Å². The predicted octanol–water partition coefficient (Wildman–Crippen LogP) is 3.55. The van der Waals surface area contributed by atoms with Crippen LogP contribution in [0.4, 0.5) is 0 Å². The SMILES string of the molecule is O[B]OC(Cl)Cc1ccccc1Sc1cccs1. The van der Waals surface area contributed by atoms with Gasteiger partial charge in [-0.05, 0) is 23.1 Å². The second-order valence-electron chi connectivity index (χ2n) is 3.50. The van der Waals surface area contributed by atoms with Gasteiger partial charge in [0.2, 0.25) is 0 Å². The molecule has 0 aliphatic rings. The van der Waals surface area contributed by atoms with E-state index >= 15 is 0 Å². The maximum absolute atomic E-state index is 8.56. The summed E-state index contributed by atoms with van der Waals surface area (Å²) in [6.07, 6.45) is 0.549. The normalized spacial score (nSPS) is 12.3. The summed E-state index contributed by atoms with van der Waals surface area (Å²) in [5.74, 6) is 0. The first-order chi connectivity index (χ1) is 8.79. The topological polar surface area (TPSA) is 29.5 Å². The van der Waals surface area contributed by atoms with Crippen molar-refractivity contribution in [1.82, 2.24) is 0 Å². The highest BCUT2D eigenvalue weighted by atomic mass is 35.5. The molecule has 18 heavy (non-hydrogen) atoms. The van der Waals surface area contributed by atoms with Gasteiger partial charge in [0.1, 0.15) is 5.56 Å². The minimum absolute atomic E-state index is 0.549. The van der Waals surface area contributed by atoms with E-state index in [1.807, 2.05) is 24.3 Å². The molecule has 1 N–H and O–H groups in total. The fourth-order valence-corrected chi connectivity index (χ4v) is 3.57. The first kappa shape index (κ1) is 14.0. The van der Waals surface area contributed by atoms with Crippen LogP contribution in [0.2, 0.25) is 0 Å². The van der Waals surface area contributed by atoms with Gasteiger partial charge in [0.25, 0.3) is 0 Å².